The lowest BCUT2D eigenvalue weighted by Crippen LogP contribution is -2.32. The van der Waals surface area contributed by atoms with E-state index in [2.05, 4.69) is 5.32 Å². The van der Waals surface area contributed by atoms with Crippen LogP contribution in [0.25, 0.3) is 0 Å². The van der Waals surface area contributed by atoms with Crippen LogP contribution in [0.15, 0.2) is 103 Å². The fourth-order valence-electron chi connectivity index (χ4n) is 2.35. The Morgan fingerprint density at radius 3 is 1.80 bits per heavy atom. The molecule has 0 heterocycles. The Bertz CT molecular complexity index is 1000. The lowest BCUT2D eigenvalue weighted by atomic mass is 10.2. The highest BCUT2D eigenvalue weighted by molar-refractivity contribution is 5.93. The zero-order valence-corrected chi connectivity index (χ0v) is 15.9. The van der Waals surface area contributed by atoms with Gasteiger partial charge in [-0.1, -0.05) is 66.7 Å². The van der Waals surface area contributed by atoms with Crippen molar-refractivity contribution < 1.29 is 28.9 Å². The van der Waals surface area contributed by atoms with Crippen LogP contribution in [-0.4, -0.2) is 17.2 Å². The molecule has 3 rings (SSSR count). The average Bonchev–Trinajstić information content (AvgIpc) is 2.78. The maximum Gasteiger partial charge on any atom is 0.412 e. The van der Waals surface area contributed by atoms with Gasteiger partial charge in [-0.05, 0) is 29.8 Å². The quantitative estimate of drug-likeness (QED) is 0.263. The minimum absolute atomic E-state index is 0.0199. The molecular formula is C23H19NO6. The van der Waals surface area contributed by atoms with E-state index in [1.165, 1.54) is 0 Å². The van der Waals surface area contributed by atoms with Crippen LogP contribution in [0, 0.1) is 0 Å². The largest absolute Gasteiger partial charge is 0.479 e. The molecule has 0 aliphatic rings. The maximum atomic E-state index is 12.6. The van der Waals surface area contributed by atoms with Crippen LogP contribution in [0.2, 0.25) is 0 Å². The zero-order chi connectivity index (χ0) is 21.2. The van der Waals surface area contributed by atoms with Crippen molar-refractivity contribution in [3.05, 3.63) is 108 Å². The van der Waals surface area contributed by atoms with Crippen LogP contribution >= 0.6 is 0 Å². The van der Waals surface area contributed by atoms with Crippen molar-refractivity contribution in [1.29, 1.82) is 0 Å². The highest BCUT2D eigenvalue weighted by Crippen LogP contribution is 2.16. The van der Waals surface area contributed by atoms with Gasteiger partial charge in [0, 0.05) is 0 Å². The third kappa shape index (κ3) is 6.13. The summed E-state index contributed by atoms with van der Waals surface area (Å²) in [6.07, 6.45) is -0.956. The van der Waals surface area contributed by atoms with Crippen molar-refractivity contribution in [2.45, 2.75) is 6.61 Å². The summed E-state index contributed by atoms with van der Waals surface area (Å²) in [6, 6.07) is 25.5. The Labute approximate surface area is 173 Å². The first kappa shape index (κ1) is 20.5. The number of carbonyl (C=O) groups excluding carboxylic acids is 2. The number of carbonyl (C=O) groups is 2. The zero-order valence-electron chi connectivity index (χ0n) is 15.9. The molecule has 0 saturated heterocycles. The van der Waals surface area contributed by atoms with Gasteiger partial charge in [-0.15, -0.1) is 0 Å². The van der Waals surface area contributed by atoms with Gasteiger partial charge >= 0.3 is 18.0 Å². The number of benzene rings is 3. The summed E-state index contributed by atoms with van der Waals surface area (Å²) < 4.78 is 15.6. The molecule has 3 aromatic carbocycles. The number of alkyl carbamates (subject to hydrolysis) is 1. The van der Waals surface area contributed by atoms with Crippen molar-refractivity contribution in [3.8, 4) is 11.5 Å². The SMILES string of the molecule is O=C(N/C(C(=O)Oc1ccccc1)=C(\O)Oc1ccccc1)OCc1ccccc1. The Hall–Kier alpha value is -4.26. The van der Waals surface area contributed by atoms with Gasteiger partial charge in [0.25, 0.3) is 0 Å². The third-order valence-corrected chi connectivity index (χ3v) is 3.77. The minimum Gasteiger partial charge on any atom is -0.479 e. The Morgan fingerprint density at radius 1 is 0.733 bits per heavy atom. The van der Waals surface area contributed by atoms with Crippen molar-refractivity contribution >= 4 is 12.1 Å². The van der Waals surface area contributed by atoms with Gasteiger partial charge in [0.15, 0.2) is 0 Å². The summed E-state index contributed by atoms with van der Waals surface area (Å²) in [6.45, 7) is -0.0199. The Kier molecular flexibility index (Phi) is 7.05. The van der Waals surface area contributed by atoms with Crippen LogP contribution in [0.3, 0.4) is 0 Å². The molecule has 3 aromatic rings. The normalized spacial score (nSPS) is 11.1. The molecule has 0 fully saturated rings. The molecule has 30 heavy (non-hydrogen) atoms. The highest BCUT2D eigenvalue weighted by Gasteiger charge is 2.23. The van der Waals surface area contributed by atoms with Crippen LogP contribution in [0.5, 0.6) is 11.5 Å². The Morgan fingerprint density at radius 2 is 1.23 bits per heavy atom. The summed E-state index contributed by atoms with van der Waals surface area (Å²) in [5, 5.41) is 12.5. The molecule has 0 spiro atoms. The molecule has 2 N–H and O–H groups in total. The molecule has 0 unspecified atom stereocenters. The predicted molar refractivity (Wildman–Crippen MR) is 109 cm³/mol. The molecule has 0 bridgehead atoms. The molecule has 0 aliphatic carbocycles. The van der Waals surface area contributed by atoms with E-state index >= 15 is 0 Å². The van der Waals surface area contributed by atoms with Crippen LogP contribution in [0.1, 0.15) is 5.56 Å². The molecular weight excluding hydrogens is 386 g/mol. The fourth-order valence-corrected chi connectivity index (χ4v) is 2.35. The molecule has 0 radical (unpaired) electrons. The first-order chi connectivity index (χ1) is 14.6. The van der Waals surface area contributed by atoms with E-state index in [0.717, 1.165) is 5.56 Å². The second-order valence-electron chi connectivity index (χ2n) is 5.98. The summed E-state index contributed by atoms with van der Waals surface area (Å²) in [4.78, 5) is 24.8. The van der Waals surface area contributed by atoms with E-state index in [-0.39, 0.29) is 18.1 Å². The number of hydrogen-bond acceptors (Lipinski definition) is 6. The van der Waals surface area contributed by atoms with E-state index in [1.54, 1.807) is 84.9 Å². The van der Waals surface area contributed by atoms with Gasteiger partial charge in [0.05, 0.1) is 0 Å². The molecule has 1 amide bonds. The minimum atomic E-state index is -1.02. The summed E-state index contributed by atoms with van der Waals surface area (Å²) >= 11 is 0. The van der Waals surface area contributed by atoms with Crippen molar-refractivity contribution in [3.63, 3.8) is 0 Å². The molecule has 7 nitrogen and oxygen atoms in total. The van der Waals surface area contributed by atoms with Gasteiger partial charge in [-0.3, -0.25) is 5.32 Å². The monoisotopic (exact) mass is 405 g/mol. The highest BCUT2D eigenvalue weighted by atomic mass is 16.6. The summed E-state index contributed by atoms with van der Waals surface area (Å²) in [5.74, 6) is -1.36. The molecule has 0 atom stereocenters. The number of nitrogens with one attached hydrogen (secondary N) is 1. The fraction of sp³-hybridized carbons (Fsp3) is 0.0435. The number of esters is 1. The standard InChI is InChI=1S/C23H19NO6/c25-21(29-18-12-6-2-7-13-18)20(22(26)30-19-14-8-3-9-15-19)24-23(27)28-16-17-10-4-1-5-11-17/h1-15,25H,16H2,(H,24,27)/b21-20+. The van der Waals surface area contributed by atoms with Gasteiger partial charge in [0.2, 0.25) is 5.70 Å². The maximum absolute atomic E-state index is 12.6. The number of aliphatic hydroxyl groups excluding tert-OH is 1. The number of aliphatic hydroxyl groups is 1. The molecule has 0 saturated carbocycles. The number of para-hydroxylation sites is 2. The van der Waals surface area contributed by atoms with Crippen molar-refractivity contribution in [2.75, 3.05) is 0 Å². The molecule has 152 valence electrons. The van der Waals surface area contributed by atoms with Crippen molar-refractivity contribution in [2.24, 2.45) is 0 Å². The second kappa shape index (κ2) is 10.3. The van der Waals surface area contributed by atoms with E-state index in [1.807, 2.05) is 6.07 Å². The van der Waals surface area contributed by atoms with E-state index in [0.29, 0.717) is 0 Å². The van der Waals surface area contributed by atoms with E-state index in [4.69, 9.17) is 14.2 Å². The first-order valence-electron chi connectivity index (χ1n) is 9.03. The number of rotatable bonds is 7. The molecule has 0 aromatic heterocycles. The van der Waals surface area contributed by atoms with Gasteiger partial charge in [0.1, 0.15) is 18.1 Å². The van der Waals surface area contributed by atoms with E-state index in [9.17, 15) is 14.7 Å². The number of hydrogen-bond donors (Lipinski definition) is 2. The second-order valence-corrected chi connectivity index (χ2v) is 5.98. The van der Waals surface area contributed by atoms with Crippen LogP contribution in [0.4, 0.5) is 4.79 Å². The summed E-state index contributed by atoms with van der Waals surface area (Å²) in [5.41, 5.74) is 0.163. The average molecular weight is 405 g/mol. The van der Waals surface area contributed by atoms with Gasteiger partial charge < -0.3 is 19.3 Å². The van der Waals surface area contributed by atoms with Crippen molar-refractivity contribution in [1.82, 2.24) is 5.32 Å². The first-order valence-corrected chi connectivity index (χ1v) is 9.03. The Balaban J connectivity index is 1.74. The van der Waals surface area contributed by atoms with Gasteiger partial charge in [-0.25, -0.2) is 9.59 Å². The van der Waals surface area contributed by atoms with Crippen LogP contribution < -0.4 is 14.8 Å². The predicted octanol–water partition coefficient (Wildman–Crippen LogP) is 4.32. The molecule has 7 heteroatoms. The third-order valence-electron chi connectivity index (χ3n) is 3.77. The lowest BCUT2D eigenvalue weighted by Gasteiger charge is -2.13. The van der Waals surface area contributed by atoms with E-state index < -0.39 is 23.7 Å². The van der Waals surface area contributed by atoms with Gasteiger partial charge in [-0.2, -0.15) is 0 Å². The summed E-state index contributed by atoms with van der Waals surface area (Å²) in [7, 11) is 0. The molecule has 0 aliphatic heterocycles. The van der Waals surface area contributed by atoms with Crippen LogP contribution in [-0.2, 0) is 16.1 Å². The number of amides is 1. The lowest BCUT2D eigenvalue weighted by molar-refractivity contribution is -0.131. The smallest absolute Gasteiger partial charge is 0.412 e. The number of ether oxygens (including phenoxy) is 3. The topological polar surface area (TPSA) is 94.1 Å².